The second-order valence-electron chi connectivity index (χ2n) is 6.27. The lowest BCUT2D eigenvalue weighted by Gasteiger charge is -2.48. The average Bonchev–Trinajstić information content (AvgIpc) is 2.58. The first-order valence-corrected chi connectivity index (χ1v) is 6.47. The van der Waals surface area contributed by atoms with Gasteiger partial charge < -0.3 is 9.30 Å². The highest BCUT2D eigenvalue weighted by Gasteiger charge is 2.57. The lowest BCUT2D eigenvalue weighted by molar-refractivity contribution is -0.323. The van der Waals surface area contributed by atoms with Gasteiger partial charge in [-0.05, 0) is 20.8 Å². The first-order chi connectivity index (χ1) is 9.01. The average molecular weight is 291 g/mol. The number of aromatic nitrogens is 2. The van der Waals surface area contributed by atoms with Crippen molar-refractivity contribution < 1.29 is 17.9 Å². The predicted molar refractivity (Wildman–Crippen MR) is 68.1 cm³/mol. The van der Waals surface area contributed by atoms with Gasteiger partial charge in [0.2, 0.25) is 0 Å². The van der Waals surface area contributed by atoms with Gasteiger partial charge in [-0.1, -0.05) is 0 Å². The molecule has 0 aliphatic carbocycles. The Morgan fingerprint density at radius 3 is 2.45 bits per heavy atom. The molecule has 1 saturated heterocycles. The number of hydrogen-bond donors (Lipinski definition) is 0. The minimum atomic E-state index is -4.40. The van der Waals surface area contributed by atoms with E-state index in [2.05, 4.69) is 4.98 Å². The maximum Gasteiger partial charge on any atom is 0.418 e. The molecule has 1 fully saturated rings. The van der Waals surface area contributed by atoms with Crippen LogP contribution in [-0.2, 0) is 18.3 Å². The molecular formula is C13H20F3N3O. The topological polar surface area (TPSA) is 30.3 Å². The van der Waals surface area contributed by atoms with Crippen LogP contribution in [-0.4, -0.2) is 44.9 Å². The molecule has 1 unspecified atom stereocenters. The standard InChI is InChI=1S/C13H20F3N3O/c1-11(2)7-19(6-10-5-18(4)9-17-10)8-12(3,20-11)13(14,15)16/h5,9H,6-8H2,1-4H3. The molecule has 114 valence electrons. The molecule has 1 aromatic rings. The highest BCUT2D eigenvalue weighted by Crippen LogP contribution is 2.40. The van der Waals surface area contributed by atoms with Crippen molar-refractivity contribution in [2.45, 2.75) is 44.7 Å². The van der Waals surface area contributed by atoms with Crippen LogP contribution in [0.3, 0.4) is 0 Å². The van der Waals surface area contributed by atoms with Gasteiger partial charge in [0.05, 0.1) is 17.6 Å². The zero-order valence-electron chi connectivity index (χ0n) is 12.2. The van der Waals surface area contributed by atoms with Crippen LogP contribution in [0, 0.1) is 0 Å². The Bertz CT molecular complexity index is 483. The molecule has 1 aliphatic heterocycles. The van der Waals surface area contributed by atoms with Gasteiger partial charge in [-0.3, -0.25) is 4.90 Å². The molecule has 0 N–H and O–H groups in total. The van der Waals surface area contributed by atoms with Crippen LogP contribution >= 0.6 is 0 Å². The lowest BCUT2D eigenvalue weighted by Crippen LogP contribution is -2.63. The molecule has 4 nitrogen and oxygen atoms in total. The van der Waals surface area contributed by atoms with Crippen LogP contribution in [0.15, 0.2) is 12.5 Å². The van der Waals surface area contributed by atoms with E-state index < -0.39 is 17.4 Å². The third-order valence-corrected chi connectivity index (χ3v) is 3.37. The monoisotopic (exact) mass is 291 g/mol. The van der Waals surface area contributed by atoms with E-state index in [-0.39, 0.29) is 6.54 Å². The van der Waals surface area contributed by atoms with Gasteiger partial charge in [0.15, 0.2) is 5.60 Å². The van der Waals surface area contributed by atoms with Gasteiger partial charge in [-0.2, -0.15) is 13.2 Å². The normalized spacial score (nSPS) is 27.8. The fourth-order valence-electron chi connectivity index (χ4n) is 2.73. The number of hydrogen-bond acceptors (Lipinski definition) is 3. The Morgan fingerprint density at radius 2 is 1.95 bits per heavy atom. The van der Waals surface area contributed by atoms with Crippen LogP contribution < -0.4 is 0 Å². The first kappa shape index (κ1) is 15.3. The van der Waals surface area contributed by atoms with Crippen molar-refractivity contribution in [3.8, 4) is 0 Å². The zero-order valence-corrected chi connectivity index (χ0v) is 12.2. The molecule has 0 amide bonds. The lowest BCUT2D eigenvalue weighted by atomic mass is 9.96. The number of rotatable bonds is 2. The molecule has 0 aromatic carbocycles. The van der Waals surface area contributed by atoms with Crippen molar-refractivity contribution in [1.82, 2.24) is 14.5 Å². The summed E-state index contributed by atoms with van der Waals surface area (Å²) in [6, 6.07) is 0. The van der Waals surface area contributed by atoms with E-state index in [0.29, 0.717) is 13.1 Å². The van der Waals surface area contributed by atoms with Crippen LogP contribution in [0.1, 0.15) is 26.5 Å². The molecule has 0 bridgehead atoms. The summed E-state index contributed by atoms with van der Waals surface area (Å²) < 4.78 is 46.7. The van der Waals surface area contributed by atoms with E-state index in [0.717, 1.165) is 12.6 Å². The molecule has 1 aromatic heterocycles. The van der Waals surface area contributed by atoms with Crippen LogP contribution in [0.4, 0.5) is 13.2 Å². The fraction of sp³-hybridized carbons (Fsp3) is 0.769. The van der Waals surface area contributed by atoms with Gasteiger partial charge >= 0.3 is 6.18 Å². The number of morpholine rings is 1. The molecular weight excluding hydrogens is 271 g/mol. The van der Waals surface area contributed by atoms with Gasteiger partial charge in [0, 0.05) is 32.9 Å². The van der Waals surface area contributed by atoms with Crippen molar-refractivity contribution >= 4 is 0 Å². The number of nitrogens with zero attached hydrogens (tertiary/aromatic N) is 3. The fourth-order valence-corrected chi connectivity index (χ4v) is 2.73. The van der Waals surface area contributed by atoms with Crippen molar-refractivity contribution in [3.05, 3.63) is 18.2 Å². The second-order valence-corrected chi connectivity index (χ2v) is 6.27. The highest BCUT2D eigenvalue weighted by molar-refractivity contribution is 5.01. The largest absolute Gasteiger partial charge is 0.418 e. The van der Waals surface area contributed by atoms with E-state index in [9.17, 15) is 13.2 Å². The predicted octanol–water partition coefficient (Wildman–Crippen LogP) is 2.35. The second kappa shape index (κ2) is 4.73. The van der Waals surface area contributed by atoms with Gasteiger partial charge in [-0.15, -0.1) is 0 Å². The molecule has 0 radical (unpaired) electrons. The summed E-state index contributed by atoms with van der Waals surface area (Å²) in [4.78, 5) is 5.92. The molecule has 2 rings (SSSR count). The third kappa shape index (κ3) is 3.15. The zero-order chi connectivity index (χ0) is 15.2. The van der Waals surface area contributed by atoms with Gasteiger partial charge in [0.25, 0.3) is 0 Å². The van der Waals surface area contributed by atoms with Crippen molar-refractivity contribution in [2.24, 2.45) is 7.05 Å². The summed E-state index contributed by atoms with van der Waals surface area (Å²) in [5.74, 6) is 0. The summed E-state index contributed by atoms with van der Waals surface area (Å²) in [6.45, 7) is 5.12. The number of alkyl halides is 3. The van der Waals surface area contributed by atoms with Gasteiger partial charge in [0.1, 0.15) is 0 Å². The quantitative estimate of drug-likeness (QED) is 0.838. The molecule has 2 heterocycles. The van der Waals surface area contributed by atoms with E-state index in [1.165, 1.54) is 0 Å². The van der Waals surface area contributed by atoms with E-state index in [4.69, 9.17) is 4.74 Å². The number of imidazole rings is 1. The molecule has 20 heavy (non-hydrogen) atoms. The van der Waals surface area contributed by atoms with Crippen LogP contribution in [0.25, 0.3) is 0 Å². The Kier molecular flexibility index (Phi) is 3.62. The maximum atomic E-state index is 13.2. The van der Waals surface area contributed by atoms with Crippen molar-refractivity contribution in [2.75, 3.05) is 13.1 Å². The van der Waals surface area contributed by atoms with E-state index in [1.807, 2.05) is 13.2 Å². The van der Waals surface area contributed by atoms with Crippen LogP contribution in [0.5, 0.6) is 0 Å². The molecule has 0 spiro atoms. The molecule has 0 saturated carbocycles. The summed E-state index contributed by atoms with van der Waals surface area (Å²) in [5, 5.41) is 0. The summed E-state index contributed by atoms with van der Waals surface area (Å²) in [7, 11) is 1.83. The van der Waals surface area contributed by atoms with E-state index >= 15 is 0 Å². The van der Waals surface area contributed by atoms with Crippen molar-refractivity contribution in [1.29, 1.82) is 0 Å². The minimum absolute atomic E-state index is 0.184. The first-order valence-electron chi connectivity index (χ1n) is 6.47. The number of aryl methyl sites for hydroxylation is 1. The Hall–Kier alpha value is -1.08. The summed E-state index contributed by atoms with van der Waals surface area (Å²) in [5.41, 5.74) is -2.24. The third-order valence-electron chi connectivity index (χ3n) is 3.37. The SMILES string of the molecule is Cn1cnc(CN2CC(C)(C)OC(C)(C(F)(F)F)C2)c1. The van der Waals surface area contributed by atoms with Crippen molar-refractivity contribution in [3.63, 3.8) is 0 Å². The smallest absolute Gasteiger partial charge is 0.357 e. The summed E-state index contributed by atoms with van der Waals surface area (Å²) >= 11 is 0. The highest BCUT2D eigenvalue weighted by atomic mass is 19.4. The minimum Gasteiger partial charge on any atom is -0.357 e. The Balaban J connectivity index is 2.18. The number of halogens is 3. The molecule has 1 atom stereocenters. The van der Waals surface area contributed by atoms with Crippen LogP contribution in [0.2, 0.25) is 0 Å². The maximum absolute atomic E-state index is 13.2. The van der Waals surface area contributed by atoms with E-state index in [1.54, 1.807) is 29.6 Å². The van der Waals surface area contributed by atoms with Gasteiger partial charge in [-0.25, -0.2) is 4.98 Å². The summed E-state index contributed by atoms with van der Waals surface area (Å²) in [6.07, 6.45) is -0.940. The molecule has 7 heteroatoms. The number of ether oxygens (including phenoxy) is 1. The molecule has 1 aliphatic rings. The Labute approximate surface area is 116 Å². The Morgan fingerprint density at radius 1 is 1.30 bits per heavy atom.